The molecule has 4 rings (SSSR count). The number of nitrogens with one attached hydrogen (secondary N) is 2. The predicted octanol–water partition coefficient (Wildman–Crippen LogP) is 3.81. The molecule has 1 aromatic heterocycles. The van der Waals surface area contributed by atoms with Crippen LogP contribution in [0.3, 0.4) is 0 Å². The molecule has 23 heavy (non-hydrogen) atoms. The third-order valence-electron chi connectivity index (χ3n) is 5.17. The molecule has 2 aliphatic rings. The largest absolute Gasteiger partial charge is 0.320 e. The van der Waals surface area contributed by atoms with Crippen LogP contribution in [-0.4, -0.2) is 16.1 Å². The van der Waals surface area contributed by atoms with E-state index in [1.807, 2.05) is 12.1 Å². The maximum Gasteiger partial charge on any atom is 0.276 e. The van der Waals surface area contributed by atoms with Gasteiger partial charge >= 0.3 is 0 Å². The van der Waals surface area contributed by atoms with Crippen molar-refractivity contribution in [2.75, 3.05) is 5.32 Å². The first-order valence-electron chi connectivity index (χ1n) is 8.81. The smallest absolute Gasteiger partial charge is 0.276 e. The lowest BCUT2D eigenvalue weighted by Crippen LogP contribution is -2.17. The van der Waals surface area contributed by atoms with Crippen LogP contribution >= 0.6 is 0 Å². The van der Waals surface area contributed by atoms with Crippen LogP contribution in [0.4, 0.5) is 5.69 Å². The number of carbonyl (C=O) groups excluding carboxylic acids is 1. The SMILES string of the molecule is O=C(Nc1cccc2c1CCCC2)c1n[nH]c2c1CCCCC2. The molecule has 0 saturated carbocycles. The van der Waals surface area contributed by atoms with Crippen LogP contribution in [0.1, 0.15) is 65.0 Å². The molecule has 1 amide bonds. The van der Waals surface area contributed by atoms with E-state index in [1.165, 1.54) is 36.8 Å². The van der Waals surface area contributed by atoms with Gasteiger partial charge < -0.3 is 5.32 Å². The summed E-state index contributed by atoms with van der Waals surface area (Å²) in [4.78, 5) is 12.8. The molecule has 0 unspecified atom stereocenters. The van der Waals surface area contributed by atoms with Gasteiger partial charge in [0.05, 0.1) is 0 Å². The number of carbonyl (C=O) groups is 1. The normalized spacial score (nSPS) is 17.0. The number of hydrogen-bond donors (Lipinski definition) is 2. The maximum absolute atomic E-state index is 12.8. The zero-order valence-electron chi connectivity index (χ0n) is 13.5. The lowest BCUT2D eigenvalue weighted by atomic mass is 9.90. The van der Waals surface area contributed by atoms with Gasteiger partial charge in [0.2, 0.25) is 0 Å². The molecule has 2 aromatic rings. The van der Waals surface area contributed by atoms with Gasteiger partial charge in [0.1, 0.15) is 0 Å². The van der Waals surface area contributed by atoms with Crippen molar-refractivity contribution in [3.63, 3.8) is 0 Å². The number of benzene rings is 1. The van der Waals surface area contributed by atoms with Gasteiger partial charge in [0.15, 0.2) is 5.69 Å². The van der Waals surface area contributed by atoms with Crippen LogP contribution in [0.5, 0.6) is 0 Å². The number of hydrogen-bond acceptors (Lipinski definition) is 2. The molecule has 0 aliphatic heterocycles. The first-order chi connectivity index (χ1) is 11.3. The average molecular weight is 309 g/mol. The number of aromatic amines is 1. The van der Waals surface area contributed by atoms with Crippen LogP contribution in [0, 0.1) is 0 Å². The van der Waals surface area contributed by atoms with Crippen LogP contribution in [-0.2, 0) is 25.7 Å². The second-order valence-corrected chi connectivity index (χ2v) is 6.69. The molecule has 0 saturated heterocycles. The van der Waals surface area contributed by atoms with Crippen molar-refractivity contribution in [2.24, 2.45) is 0 Å². The Hall–Kier alpha value is -2.10. The maximum atomic E-state index is 12.8. The minimum Gasteiger partial charge on any atom is -0.320 e. The van der Waals surface area contributed by atoms with Gasteiger partial charge in [-0.05, 0) is 68.6 Å². The van der Waals surface area contributed by atoms with E-state index >= 15 is 0 Å². The Kier molecular flexibility index (Phi) is 3.90. The molecule has 0 fully saturated rings. The van der Waals surface area contributed by atoms with Crippen molar-refractivity contribution in [3.05, 3.63) is 46.3 Å². The Morgan fingerprint density at radius 3 is 2.70 bits per heavy atom. The van der Waals surface area contributed by atoms with Gasteiger partial charge in [-0.1, -0.05) is 18.6 Å². The highest BCUT2D eigenvalue weighted by molar-refractivity contribution is 6.04. The molecule has 2 aliphatic carbocycles. The van der Waals surface area contributed by atoms with Crippen LogP contribution < -0.4 is 5.32 Å². The standard InChI is InChI=1S/C19H23N3O/c23-19(18-15-10-2-1-3-11-17(15)21-22-18)20-16-12-6-8-13-7-4-5-9-14(13)16/h6,8,12H,1-5,7,9-11H2,(H,20,23)(H,21,22). The molecule has 1 heterocycles. The lowest BCUT2D eigenvalue weighted by molar-refractivity contribution is 0.102. The van der Waals surface area contributed by atoms with Crippen LogP contribution in [0.2, 0.25) is 0 Å². The zero-order valence-corrected chi connectivity index (χ0v) is 13.5. The number of anilines is 1. The minimum absolute atomic E-state index is 0.0663. The third kappa shape index (κ3) is 2.78. The molecule has 2 N–H and O–H groups in total. The fourth-order valence-corrected chi connectivity index (χ4v) is 3.93. The fraction of sp³-hybridized carbons (Fsp3) is 0.474. The highest BCUT2D eigenvalue weighted by Crippen LogP contribution is 2.29. The van der Waals surface area contributed by atoms with Gasteiger partial charge in [0, 0.05) is 16.9 Å². The van der Waals surface area contributed by atoms with Gasteiger partial charge in [-0.3, -0.25) is 9.89 Å². The molecule has 1 aromatic carbocycles. The molecule has 0 atom stereocenters. The summed E-state index contributed by atoms with van der Waals surface area (Å²) in [5.41, 5.74) is 6.55. The summed E-state index contributed by atoms with van der Waals surface area (Å²) < 4.78 is 0. The van der Waals surface area contributed by atoms with Gasteiger partial charge in [-0.15, -0.1) is 0 Å². The Labute approximate surface area is 136 Å². The minimum atomic E-state index is -0.0663. The third-order valence-corrected chi connectivity index (χ3v) is 5.17. The van der Waals surface area contributed by atoms with Crippen molar-refractivity contribution in [1.29, 1.82) is 0 Å². The van der Waals surface area contributed by atoms with E-state index in [0.717, 1.165) is 49.0 Å². The second kappa shape index (κ2) is 6.19. The summed E-state index contributed by atoms with van der Waals surface area (Å²) in [6.45, 7) is 0. The van der Waals surface area contributed by atoms with Gasteiger partial charge in [-0.2, -0.15) is 5.10 Å². The number of aromatic nitrogens is 2. The average Bonchev–Trinajstić information content (AvgIpc) is 2.84. The molecule has 120 valence electrons. The quantitative estimate of drug-likeness (QED) is 0.829. The number of nitrogens with zero attached hydrogens (tertiary/aromatic N) is 1. The van der Waals surface area contributed by atoms with E-state index in [1.54, 1.807) is 0 Å². The highest BCUT2D eigenvalue weighted by atomic mass is 16.1. The van der Waals surface area contributed by atoms with E-state index in [4.69, 9.17) is 0 Å². The molecule has 0 spiro atoms. The van der Waals surface area contributed by atoms with E-state index in [-0.39, 0.29) is 5.91 Å². The predicted molar refractivity (Wildman–Crippen MR) is 90.9 cm³/mol. The van der Waals surface area contributed by atoms with E-state index in [0.29, 0.717) is 5.69 Å². The van der Waals surface area contributed by atoms with Crippen LogP contribution in [0.15, 0.2) is 18.2 Å². The monoisotopic (exact) mass is 309 g/mol. The van der Waals surface area contributed by atoms with Crippen molar-refractivity contribution >= 4 is 11.6 Å². The highest BCUT2D eigenvalue weighted by Gasteiger charge is 2.22. The number of aryl methyl sites for hydroxylation is 2. The zero-order chi connectivity index (χ0) is 15.6. The van der Waals surface area contributed by atoms with E-state index in [2.05, 4.69) is 21.6 Å². The lowest BCUT2D eigenvalue weighted by Gasteiger charge is -2.19. The van der Waals surface area contributed by atoms with Crippen molar-refractivity contribution in [2.45, 2.75) is 57.8 Å². The summed E-state index contributed by atoms with van der Waals surface area (Å²) >= 11 is 0. The summed E-state index contributed by atoms with van der Waals surface area (Å²) in [6, 6.07) is 6.25. The van der Waals surface area contributed by atoms with E-state index in [9.17, 15) is 4.79 Å². The van der Waals surface area contributed by atoms with Gasteiger partial charge in [-0.25, -0.2) is 0 Å². The number of rotatable bonds is 2. The summed E-state index contributed by atoms with van der Waals surface area (Å²) in [5.74, 6) is -0.0663. The van der Waals surface area contributed by atoms with Crippen LogP contribution in [0.25, 0.3) is 0 Å². The van der Waals surface area contributed by atoms with E-state index < -0.39 is 0 Å². The first-order valence-corrected chi connectivity index (χ1v) is 8.81. The van der Waals surface area contributed by atoms with Crippen molar-refractivity contribution in [3.8, 4) is 0 Å². The first kappa shape index (κ1) is 14.5. The van der Waals surface area contributed by atoms with Crippen molar-refractivity contribution in [1.82, 2.24) is 10.2 Å². The Morgan fingerprint density at radius 1 is 0.957 bits per heavy atom. The number of H-pyrrole nitrogens is 1. The second-order valence-electron chi connectivity index (χ2n) is 6.69. The fourth-order valence-electron chi connectivity index (χ4n) is 3.93. The Morgan fingerprint density at radius 2 is 1.74 bits per heavy atom. The molecular formula is C19H23N3O. The number of fused-ring (bicyclic) bond motifs is 2. The summed E-state index contributed by atoms with van der Waals surface area (Å²) in [6.07, 6.45) is 10.2. The summed E-state index contributed by atoms with van der Waals surface area (Å²) in [5, 5.41) is 10.5. The Bertz CT molecular complexity index is 732. The molecule has 0 bridgehead atoms. The molecular weight excluding hydrogens is 286 g/mol. The molecule has 4 nitrogen and oxygen atoms in total. The topological polar surface area (TPSA) is 57.8 Å². The van der Waals surface area contributed by atoms with Crippen molar-refractivity contribution < 1.29 is 4.79 Å². The Balaban J connectivity index is 1.61. The molecule has 0 radical (unpaired) electrons. The summed E-state index contributed by atoms with van der Waals surface area (Å²) in [7, 11) is 0. The molecule has 4 heteroatoms. The van der Waals surface area contributed by atoms with Gasteiger partial charge in [0.25, 0.3) is 5.91 Å². The number of amides is 1.